The molecule has 1 aliphatic rings. The molecule has 0 aromatic heterocycles. The zero-order chi connectivity index (χ0) is 13.6. The van der Waals surface area contributed by atoms with Crippen LogP contribution in [0.25, 0.3) is 0 Å². The highest BCUT2D eigenvalue weighted by atomic mass is 16.5. The summed E-state index contributed by atoms with van der Waals surface area (Å²) in [5.41, 5.74) is -0.447. The monoisotopic (exact) mass is 256 g/mol. The number of esters is 1. The smallest absolute Gasteiger partial charge is 0.326 e. The molecule has 4 nitrogen and oxygen atoms in total. The van der Waals surface area contributed by atoms with Gasteiger partial charge in [-0.3, -0.25) is 4.79 Å². The second-order valence-electron chi connectivity index (χ2n) is 5.38. The Bertz CT molecular complexity index is 271. The number of carbonyl (C=O) groups excluding carboxylic acids is 1. The second kappa shape index (κ2) is 7.10. The Morgan fingerprint density at radius 2 is 2.17 bits per heavy atom. The van der Waals surface area contributed by atoms with Crippen LogP contribution < -0.4 is 5.32 Å². The molecule has 1 saturated carbocycles. The zero-order valence-electron chi connectivity index (χ0n) is 12.3. The molecule has 1 aliphatic carbocycles. The largest absolute Gasteiger partial charge is 0.468 e. The van der Waals surface area contributed by atoms with Gasteiger partial charge in [-0.1, -0.05) is 13.8 Å². The Labute approximate surface area is 111 Å². The van der Waals surface area contributed by atoms with Crippen molar-refractivity contribution >= 4 is 5.97 Å². The molecule has 0 bridgehead atoms. The van der Waals surface area contributed by atoms with E-state index in [-0.39, 0.29) is 5.97 Å². The summed E-state index contributed by atoms with van der Waals surface area (Å²) in [6, 6.07) is 0.494. The fourth-order valence-corrected chi connectivity index (χ4v) is 2.91. The molecule has 0 spiro atoms. The number of rotatable bonds is 7. The van der Waals surface area contributed by atoms with E-state index in [4.69, 9.17) is 4.74 Å². The minimum Gasteiger partial charge on any atom is -0.468 e. The van der Waals surface area contributed by atoms with Crippen LogP contribution in [0.3, 0.4) is 0 Å². The molecular weight excluding hydrogens is 228 g/mol. The summed E-state index contributed by atoms with van der Waals surface area (Å²) >= 11 is 0. The van der Waals surface area contributed by atoms with E-state index in [0.717, 1.165) is 45.2 Å². The second-order valence-corrected chi connectivity index (χ2v) is 5.38. The van der Waals surface area contributed by atoms with Gasteiger partial charge in [0.15, 0.2) is 0 Å². The first kappa shape index (κ1) is 15.4. The maximum atomic E-state index is 12.1. The molecule has 1 fully saturated rings. The van der Waals surface area contributed by atoms with Gasteiger partial charge < -0.3 is 15.0 Å². The van der Waals surface area contributed by atoms with Crippen molar-refractivity contribution in [1.29, 1.82) is 0 Å². The van der Waals surface area contributed by atoms with Gasteiger partial charge in [-0.15, -0.1) is 0 Å². The van der Waals surface area contributed by atoms with E-state index < -0.39 is 5.54 Å². The maximum Gasteiger partial charge on any atom is 0.326 e. The van der Waals surface area contributed by atoms with Gasteiger partial charge in [0, 0.05) is 6.04 Å². The van der Waals surface area contributed by atoms with Crippen LogP contribution in [0, 0.1) is 0 Å². The van der Waals surface area contributed by atoms with Gasteiger partial charge >= 0.3 is 5.97 Å². The van der Waals surface area contributed by atoms with Crippen molar-refractivity contribution in [3.8, 4) is 0 Å². The Morgan fingerprint density at radius 1 is 1.44 bits per heavy atom. The minimum atomic E-state index is -0.447. The summed E-state index contributed by atoms with van der Waals surface area (Å²) < 4.78 is 5.00. The van der Waals surface area contributed by atoms with Gasteiger partial charge in [0.2, 0.25) is 0 Å². The molecular formula is C14H28N2O2. The van der Waals surface area contributed by atoms with E-state index >= 15 is 0 Å². The normalized spacial score (nSPS) is 27.7. The number of hydrogen-bond donors (Lipinski definition) is 1. The fraction of sp³-hybridized carbons (Fsp3) is 0.929. The van der Waals surface area contributed by atoms with E-state index in [0.29, 0.717) is 6.04 Å². The molecule has 4 heteroatoms. The van der Waals surface area contributed by atoms with Crippen LogP contribution in [0.4, 0.5) is 0 Å². The molecule has 0 amide bonds. The van der Waals surface area contributed by atoms with Crippen LogP contribution in [0.5, 0.6) is 0 Å². The van der Waals surface area contributed by atoms with Crippen LogP contribution >= 0.6 is 0 Å². The van der Waals surface area contributed by atoms with E-state index in [2.05, 4.69) is 31.1 Å². The quantitative estimate of drug-likeness (QED) is 0.705. The lowest BCUT2D eigenvalue weighted by Crippen LogP contribution is -2.52. The molecule has 0 aliphatic heterocycles. The first-order valence-electron chi connectivity index (χ1n) is 7.13. The average molecular weight is 256 g/mol. The fourth-order valence-electron chi connectivity index (χ4n) is 2.91. The third-order valence-electron chi connectivity index (χ3n) is 3.98. The van der Waals surface area contributed by atoms with Crippen LogP contribution in [0.1, 0.15) is 46.0 Å². The number of nitrogens with one attached hydrogen (secondary N) is 1. The molecule has 2 unspecified atom stereocenters. The average Bonchev–Trinajstić information content (AvgIpc) is 2.81. The van der Waals surface area contributed by atoms with Gasteiger partial charge in [0.1, 0.15) is 5.54 Å². The van der Waals surface area contributed by atoms with Crippen molar-refractivity contribution in [3.05, 3.63) is 0 Å². The summed E-state index contributed by atoms with van der Waals surface area (Å²) in [5, 5.41) is 3.42. The maximum absolute atomic E-state index is 12.1. The number of methoxy groups -OCH3 is 1. The zero-order valence-corrected chi connectivity index (χ0v) is 12.3. The van der Waals surface area contributed by atoms with Crippen LogP contribution in [-0.4, -0.2) is 49.7 Å². The highest BCUT2D eigenvalue weighted by Crippen LogP contribution is 2.33. The van der Waals surface area contributed by atoms with Gasteiger partial charge in [-0.2, -0.15) is 0 Å². The Kier molecular flexibility index (Phi) is 6.09. The van der Waals surface area contributed by atoms with Gasteiger partial charge in [-0.25, -0.2) is 0 Å². The SMILES string of the molecule is CCCNC1(C(=O)OC)CCC(N(C)CCC)C1. The molecule has 1 rings (SSSR count). The third kappa shape index (κ3) is 3.45. The predicted octanol–water partition coefficient (Wildman–Crippen LogP) is 1.79. The highest BCUT2D eigenvalue weighted by Gasteiger charge is 2.46. The third-order valence-corrected chi connectivity index (χ3v) is 3.98. The number of hydrogen-bond acceptors (Lipinski definition) is 4. The number of nitrogens with zero attached hydrogens (tertiary/aromatic N) is 1. The Hall–Kier alpha value is -0.610. The van der Waals surface area contributed by atoms with E-state index in [1.165, 1.54) is 7.11 Å². The van der Waals surface area contributed by atoms with Crippen molar-refractivity contribution in [2.45, 2.75) is 57.5 Å². The van der Waals surface area contributed by atoms with E-state index in [1.54, 1.807) is 0 Å². The van der Waals surface area contributed by atoms with Crippen molar-refractivity contribution in [2.24, 2.45) is 0 Å². The number of ether oxygens (including phenoxy) is 1. The molecule has 0 aromatic carbocycles. The van der Waals surface area contributed by atoms with Gasteiger partial charge in [0.25, 0.3) is 0 Å². The van der Waals surface area contributed by atoms with Gasteiger partial charge in [-0.05, 0) is 52.2 Å². The summed E-state index contributed by atoms with van der Waals surface area (Å²) in [6.07, 6.45) is 5.02. The first-order valence-corrected chi connectivity index (χ1v) is 7.13. The van der Waals surface area contributed by atoms with Crippen molar-refractivity contribution in [3.63, 3.8) is 0 Å². The minimum absolute atomic E-state index is 0.0941. The number of carbonyl (C=O) groups is 1. The van der Waals surface area contributed by atoms with E-state index in [1.807, 2.05) is 0 Å². The Morgan fingerprint density at radius 3 is 2.72 bits per heavy atom. The summed E-state index contributed by atoms with van der Waals surface area (Å²) in [5.74, 6) is -0.0941. The standard InChI is InChI=1S/C14H28N2O2/c1-5-9-15-14(13(17)18-4)8-7-12(11-14)16(3)10-6-2/h12,15H,5-11H2,1-4H3. The molecule has 18 heavy (non-hydrogen) atoms. The molecule has 106 valence electrons. The van der Waals surface area contributed by atoms with E-state index in [9.17, 15) is 4.79 Å². The lowest BCUT2D eigenvalue weighted by molar-refractivity contribution is -0.148. The van der Waals surface area contributed by atoms with Crippen LogP contribution in [0.15, 0.2) is 0 Å². The first-order chi connectivity index (χ1) is 8.59. The van der Waals surface area contributed by atoms with Crippen molar-refractivity contribution in [1.82, 2.24) is 10.2 Å². The van der Waals surface area contributed by atoms with Crippen LogP contribution in [0.2, 0.25) is 0 Å². The molecule has 0 saturated heterocycles. The summed E-state index contributed by atoms with van der Waals surface area (Å²) in [4.78, 5) is 14.4. The van der Waals surface area contributed by atoms with Crippen molar-refractivity contribution < 1.29 is 9.53 Å². The lowest BCUT2D eigenvalue weighted by Gasteiger charge is -2.29. The molecule has 1 N–H and O–H groups in total. The summed E-state index contributed by atoms with van der Waals surface area (Å²) in [6.45, 7) is 6.27. The lowest BCUT2D eigenvalue weighted by atomic mass is 9.97. The van der Waals surface area contributed by atoms with Gasteiger partial charge in [0.05, 0.1) is 7.11 Å². The Balaban J connectivity index is 2.67. The predicted molar refractivity (Wildman–Crippen MR) is 73.6 cm³/mol. The molecule has 0 radical (unpaired) electrons. The van der Waals surface area contributed by atoms with Crippen molar-refractivity contribution in [2.75, 3.05) is 27.2 Å². The molecule has 0 heterocycles. The topological polar surface area (TPSA) is 41.6 Å². The molecule has 0 aromatic rings. The summed E-state index contributed by atoms with van der Waals surface area (Å²) in [7, 11) is 3.64. The van der Waals surface area contributed by atoms with Crippen LogP contribution in [-0.2, 0) is 9.53 Å². The highest BCUT2D eigenvalue weighted by molar-refractivity contribution is 5.81. The molecule has 2 atom stereocenters.